The van der Waals surface area contributed by atoms with Crippen LogP contribution in [0.1, 0.15) is 39.5 Å². The Kier molecular flexibility index (Phi) is 4.87. The first-order valence-corrected chi connectivity index (χ1v) is 9.87. The maximum Gasteiger partial charge on any atom is 0.272 e. The fourth-order valence-corrected chi connectivity index (χ4v) is 4.56. The van der Waals surface area contributed by atoms with Gasteiger partial charge in [0.05, 0.1) is 0 Å². The molecule has 0 radical (unpaired) electrons. The predicted octanol–water partition coefficient (Wildman–Crippen LogP) is 1.85. The van der Waals surface area contributed by atoms with Gasteiger partial charge in [-0.05, 0) is 37.9 Å². The van der Waals surface area contributed by atoms with Crippen LogP contribution in [0.4, 0.5) is 0 Å². The lowest BCUT2D eigenvalue weighted by Crippen LogP contribution is -2.47. The van der Waals surface area contributed by atoms with Crippen molar-refractivity contribution in [1.82, 2.24) is 25.3 Å². The van der Waals surface area contributed by atoms with Gasteiger partial charge in [0.2, 0.25) is 0 Å². The number of aromatic amines is 1. The minimum absolute atomic E-state index is 0.0317. The maximum absolute atomic E-state index is 12.7. The normalized spacial score (nSPS) is 21.9. The van der Waals surface area contributed by atoms with Crippen molar-refractivity contribution < 1.29 is 4.79 Å². The molecule has 1 atom stereocenters. The lowest BCUT2D eigenvalue weighted by atomic mass is 10.0. The van der Waals surface area contributed by atoms with Crippen LogP contribution < -0.4 is 5.32 Å². The fraction of sp³-hybridized carbons (Fsp3) is 0.556. The van der Waals surface area contributed by atoms with E-state index in [1.807, 2.05) is 0 Å². The summed E-state index contributed by atoms with van der Waals surface area (Å²) in [6, 6.07) is 4.48. The van der Waals surface area contributed by atoms with E-state index in [1.165, 1.54) is 4.88 Å². The molecule has 134 valence electrons. The summed E-state index contributed by atoms with van der Waals surface area (Å²) in [6.45, 7) is 4.80. The number of rotatable bonds is 4. The first-order chi connectivity index (χ1) is 12.2. The van der Waals surface area contributed by atoms with E-state index < -0.39 is 0 Å². The van der Waals surface area contributed by atoms with Crippen molar-refractivity contribution in [2.75, 3.05) is 26.7 Å². The number of hydrogen-bond acceptors (Lipinski definition) is 5. The Morgan fingerprint density at radius 1 is 1.48 bits per heavy atom. The Hall–Kier alpha value is -1.70. The molecule has 2 N–H and O–H groups in total. The molecule has 2 aromatic heterocycles. The van der Waals surface area contributed by atoms with Crippen LogP contribution in [0, 0.1) is 0 Å². The molecule has 0 unspecified atom stereocenters. The predicted molar refractivity (Wildman–Crippen MR) is 98.7 cm³/mol. The Morgan fingerprint density at radius 2 is 2.40 bits per heavy atom. The van der Waals surface area contributed by atoms with Gasteiger partial charge in [0, 0.05) is 54.8 Å². The molecule has 0 saturated carbocycles. The van der Waals surface area contributed by atoms with E-state index >= 15 is 0 Å². The molecule has 2 aromatic rings. The number of fused-ring (bicyclic) bond motifs is 1. The summed E-state index contributed by atoms with van der Waals surface area (Å²) in [7, 11) is 2.08. The van der Waals surface area contributed by atoms with E-state index in [0.29, 0.717) is 5.69 Å². The Bertz CT molecular complexity index is 726. The molecule has 2 aliphatic rings. The summed E-state index contributed by atoms with van der Waals surface area (Å²) >= 11 is 1.80. The molecule has 4 heterocycles. The van der Waals surface area contributed by atoms with Gasteiger partial charge in [0.1, 0.15) is 0 Å². The SMILES string of the molecule is CN1CCc2[nH]nc(C(=O)N[C@H]3CCCN(Cc4cccs4)C3)c2C1. The smallest absolute Gasteiger partial charge is 0.272 e. The molecule has 6 nitrogen and oxygen atoms in total. The standard InChI is InChI=1S/C18H25N5OS/c1-22-8-6-16-15(12-22)17(21-20-16)18(24)19-13-4-2-7-23(10-13)11-14-5-3-9-25-14/h3,5,9,13H,2,4,6-8,10-12H2,1H3,(H,19,24)(H,20,21)/t13-/m0/s1. The molecule has 4 rings (SSSR count). The number of thiophene rings is 1. The highest BCUT2D eigenvalue weighted by Crippen LogP contribution is 2.20. The van der Waals surface area contributed by atoms with Crippen LogP contribution in [0.3, 0.4) is 0 Å². The van der Waals surface area contributed by atoms with Crippen LogP contribution in [0.15, 0.2) is 17.5 Å². The Morgan fingerprint density at radius 3 is 3.24 bits per heavy atom. The Labute approximate surface area is 152 Å². The summed E-state index contributed by atoms with van der Waals surface area (Å²) in [5, 5.41) is 12.7. The third-order valence-corrected chi connectivity index (χ3v) is 6.00. The first-order valence-electron chi connectivity index (χ1n) is 8.99. The van der Waals surface area contributed by atoms with Gasteiger partial charge in [-0.3, -0.25) is 14.8 Å². The monoisotopic (exact) mass is 359 g/mol. The zero-order valence-electron chi connectivity index (χ0n) is 14.6. The number of piperidine rings is 1. The number of likely N-dealkylation sites (tertiary alicyclic amines) is 1. The number of hydrogen-bond donors (Lipinski definition) is 2. The lowest BCUT2D eigenvalue weighted by molar-refractivity contribution is 0.0894. The second kappa shape index (κ2) is 7.27. The van der Waals surface area contributed by atoms with Crippen molar-refractivity contribution in [3.63, 3.8) is 0 Å². The molecule has 1 saturated heterocycles. The molecule has 0 bridgehead atoms. The van der Waals surface area contributed by atoms with E-state index in [0.717, 1.165) is 63.2 Å². The quantitative estimate of drug-likeness (QED) is 0.875. The number of H-pyrrole nitrogens is 1. The number of carbonyl (C=O) groups excluding carboxylic acids is 1. The van der Waals surface area contributed by atoms with E-state index in [1.54, 1.807) is 11.3 Å². The molecule has 0 aliphatic carbocycles. The average molecular weight is 359 g/mol. The highest BCUT2D eigenvalue weighted by molar-refractivity contribution is 7.09. The summed E-state index contributed by atoms with van der Waals surface area (Å²) in [4.78, 5) is 18.8. The highest BCUT2D eigenvalue weighted by atomic mass is 32.1. The third kappa shape index (κ3) is 3.78. The summed E-state index contributed by atoms with van der Waals surface area (Å²) in [6.07, 6.45) is 3.10. The first kappa shape index (κ1) is 16.8. The van der Waals surface area contributed by atoms with Crippen molar-refractivity contribution in [3.8, 4) is 0 Å². The minimum atomic E-state index is -0.0317. The van der Waals surface area contributed by atoms with Crippen LogP contribution in [-0.2, 0) is 19.5 Å². The molecule has 1 amide bonds. The van der Waals surface area contributed by atoms with Gasteiger partial charge in [-0.15, -0.1) is 11.3 Å². The maximum atomic E-state index is 12.7. The van der Waals surface area contributed by atoms with Crippen LogP contribution in [0.2, 0.25) is 0 Å². The minimum Gasteiger partial charge on any atom is -0.347 e. The van der Waals surface area contributed by atoms with Crippen LogP contribution in [0.25, 0.3) is 0 Å². The molecule has 1 fully saturated rings. The van der Waals surface area contributed by atoms with Gasteiger partial charge < -0.3 is 10.2 Å². The highest BCUT2D eigenvalue weighted by Gasteiger charge is 2.27. The van der Waals surface area contributed by atoms with Crippen LogP contribution in [-0.4, -0.2) is 58.6 Å². The van der Waals surface area contributed by atoms with Gasteiger partial charge in [-0.25, -0.2) is 0 Å². The summed E-state index contributed by atoms with van der Waals surface area (Å²) in [5.41, 5.74) is 2.76. The van der Waals surface area contributed by atoms with E-state index in [4.69, 9.17) is 0 Å². The van der Waals surface area contributed by atoms with Gasteiger partial charge >= 0.3 is 0 Å². The zero-order chi connectivity index (χ0) is 17.2. The second-order valence-corrected chi connectivity index (χ2v) is 8.18. The van der Waals surface area contributed by atoms with E-state index in [2.05, 4.69) is 49.9 Å². The van der Waals surface area contributed by atoms with Gasteiger partial charge in [0.15, 0.2) is 5.69 Å². The van der Waals surface area contributed by atoms with Crippen molar-refractivity contribution in [2.24, 2.45) is 0 Å². The summed E-state index contributed by atoms with van der Waals surface area (Å²) in [5.74, 6) is -0.0317. The number of amides is 1. The Balaban J connectivity index is 1.38. The van der Waals surface area contributed by atoms with Crippen molar-refractivity contribution in [2.45, 2.75) is 38.4 Å². The molecule has 25 heavy (non-hydrogen) atoms. The number of aromatic nitrogens is 2. The number of nitrogens with one attached hydrogen (secondary N) is 2. The van der Waals surface area contributed by atoms with E-state index in [-0.39, 0.29) is 11.9 Å². The topological polar surface area (TPSA) is 64.3 Å². The molecular formula is C18H25N5OS. The van der Waals surface area contributed by atoms with Gasteiger partial charge in [0.25, 0.3) is 5.91 Å². The van der Waals surface area contributed by atoms with Crippen molar-refractivity contribution >= 4 is 17.2 Å². The second-order valence-electron chi connectivity index (χ2n) is 7.14. The average Bonchev–Trinajstić information content (AvgIpc) is 3.24. The van der Waals surface area contributed by atoms with Crippen molar-refractivity contribution in [1.29, 1.82) is 0 Å². The van der Waals surface area contributed by atoms with E-state index in [9.17, 15) is 4.79 Å². The molecular weight excluding hydrogens is 334 g/mol. The summed E-state index contributed by atoms with van der Waals surface area (Å²) < 4.78 is 0. The lowest BCUT2D eigenvalue weighted by Gasteiger charge is -2.32. The molecule has 0 aromatic carbocycles. The third-order valence-electron chi connectivity index (χ3n) is 5.14. The number of nitrogens with zero attached hydrogens (tertiary/aromatic N) is 3. The largest absolute Gasteiger partial charge is 0.347 e. The van der Waals surface area contributed by atoms with Crippen molar-refractivity contribution in [3.05, 3.63) is 39.3 Å². The number of carbonyl (C=O) groups is 1. The number of likely N-dealkylation sites (N-methyl/N-ethyl adjacent to an activating group) is 1. The van der Waals surface area contributed by atoms with Crippen LogP contribution in [0.5, 0.6) is 0 Å². The molecule has 0 spiro atoms. The zero-order valence-corrected chi connectivity index (χ0v) is 15.4. The molecule has 7 heteroatoms. The van der Waals surface area contributed by atoms with Crippen LogP contribution >= 0.6 is 11.3 Å². The van der Waals surface area contributed by atoms with Gasteiger partial charge in [-0.1, -0.05) is 6.07 Å². The van der Waals surface area contributed by atoms with Gasteiger partial charge in [-0.2, -0.15) is 5.10 Å². The fourth-order valence-electron chi connectivity index (χ4n) is 3.81. The molecule has 2 aliphatic heterocycles.